The first kappa shape index (κ1) is 13.6. The molecule has 0 saturated carbocycles. The van der Waals surface area contributed by atoms with Crippen molar-refractivity contribution in [1.82, 2.24) is 10.3 Å². The summed E-state index contributed by atoms with van der Waals surface area (Å²) in [6.07, 6.45) is 3.01. The van der Waals surface area contributed by atoms with E-state index in [0.717, 1.165) is 25.0 Å². The van der Waals surface area contributed by atoms with E-state index in [-0.39, 0.29) is 23.1 Å². The third-order valence-corrected chi connectivity index (χ3v) is 3.97. The molecule has 0 bridgehead atoms. The Hall–Kier alpha value is -2.36. The SMILES string of the molecule is Cc1ccc(C(=O)N[C@H]2CCCc3ccccc32)c(=O)[nH]1. The number of aromatic nitrogens is 1. The second kappa shape index (κ2) is 5.56. The van der Waals surface area contributed by atoms with E-state index in [0.29, 0.717) is 0 Å². The Labute approximate surface area is 123 Å². The first-order chi connectivity index (χ1) is 10.1. The van der Waals surface area contributed by atoms with Gasteiger partial charge in [-0.3, -0.25) is 9.59 Å². The molecule has 1 amide bonds. The fourth-order valence-corrected chi connectivity index (χ4v) is 2.89. The molecular formula is C17H18N2O2. The zero-order valence-corrected chi connectivity index (χ0v) is 12.0. The number of pyridine rings is 1. The molecule has 0 fully saturated rings. The molecule has 4 heteroatoms. The van der Waals surface area contributed by atoms with Crippen molar-refractivity contribution in [3.05, 3.63) is 69.1 Å². The molecule has 0 spiro atoms. The fraction of sp³-hybridized carbons (Fsp3) is 0.294. The second-order valence-electron chi connectivity index (χ2n) is 5.50. The minimum Gasteiger partial charge on any atom is -0.345 e. The van der Waals surface area contributed by atoms with Crippen molar-refractivity contribution in [1.29, 1.82) is 0 Å². The molecule has 1 heterocycles. The average Bonchev–Trinajstić information content (AvgIpc) is 2.47. The number of carbonyl (C=O) groups is 1. The highest BCUT2D eigenvalue weighted by Gasteiger charge is 2.22. The van der Waals surface area contributed by atoms with Crippen LogP contribution in [0, 0.1) is 6.92 Å². The number of carbonyl (C=O) groups excluding carboxylic acids is 1. The minimum atomic E-state index is -0.336. The molecule has 0 aliphatic heterocycles. The number of H-pyrrole nitrogens is 1. The molecule has 108 valence electrons. The molecule has 4 nitrogen and oxygen atoms in total. The predicted molar refractivity (Wildman–Crippen MR) is 81.4 cm³/mol. The number of aromatic amines is 1. The van der Waals surface area contributed by atoms with Gasteiger partial charge in [0.2, 0.25) is 0 Å². The minimum absolute atomic E-state index is 0.0110. The zero-order valence-electron chi connectivity index (χ0n) is 12.0. The second-order valence-corrected chi connectivity index (χ2v) is 5.50. The Morgan fingerprint density at radius 2 is 2.05 bits per heavy atom. The lowest BCUT2D eigenvalue weighted by molar-refractivity contribution is 0.0931. The Balaban J connectivity index is 1.84. The number of hydrogen-bond acceptors (Lipinski definition) is 2. The van der Waals surface area contributed by atoms with Crippen LogP contribution in [0.1, 0.15) is 46.1 Å². The molecule has 1 aliphatic carbocycles. The summed E-state index contributed by atoms with van der Waals surface area (Å²) in [6, 6.07) is 11.5. The van der Waals surface area contributed by atoms with Gasteiger partial charge in [0, 0.05) is 5.69 Å². The lowest BCUT2D eigenvalue weighted by Gasteiger charge is -2.26. The van der Waals surface area contributed by atoms with Gasteiger partial charge in [0.15, 0.2) is 0 Å². The molecule has 1 atom stereocenters. The number of hydrogen-bond donors (Lipinski definition) is 2. The lowest BCUT2D eigenvalue weighted by Crippen LogP contribution is -2.34. The summed E-state index contributed by atoms with van der Waals surface area (Å²) in [7, 11) is 0. The average molecular weight is 282 g/mol. The third-order valence-electron chi connectivity index (χ3n) is 3.97. The number of rotatable bonds is 2. The first-order valence-corrected chi connectivity index (χ1v) is 7.24. The normalized spacial score (nSPS) is 17.1. The predicted octanol–water partition coefficient (Wildman–Crippen LogP) is 2.49. The van der Waals surface area contributed by atoms with E-state index in [1.165, 1.54) is 11.1 Å². The number of fused-ring (bicyclic) bond motifs is 1. The molecule has 1 aliphatic rings. The Kier molecular flexibility index (Phi) is 3.60. The van der Waals surface area contributed by atoms with Gasteiger partial charge in [0.05, 0.1) is 6.04 Å². The molecule has 1 aromatic carbocycles. The highest BCUT2D eigenvalue weighted by molar-refractivity contribution is 5.94. The van der Waals surface area contributed by atoms with Crippen LogP contribution in [0.25, 0.3) is 0 Å². The Bertz CT molecular complexity index is 734. The molecule has 21 heavy (non-hydrogen) atoms. The molecule has 0 saturated heterocycles. The van der Waals surface area contributed by atoms with Crippen molar-refractivity contribution < 1.29 is 4.79 Å². The van der Waals surface area contributed by atoms with Crippen molar-refractivity contribution in [2.75, 3.05) is 0 Å². The topological polar surface area (TPSA) is 62.0 Å². The molecule has 1 aromatic heterocycles. The van der Waals surface area contributed by atoms with E-state index in [1.54, 1.807) is 19.1 Å². The fourth-order valence-electron chi connectivity index (χ4n) is 2.89. The first-order valence-electron chi connectivity index (χ1n) is 7.24. The van der Waals surface area contributed by atoms with Gasteiger partial charge in [0.25, 0.3) is 11.5 Å². The Morgan fingerprint density at radius 1 is 1.24 bits per heavy atom. The van der Waals surface area contributed by atoms with Gasteiger partial charge in [-0.15, -0.1) is 0 Å². The van der Waals surface area contributed by atoms with Gasteiger partial charge in [-0.05, 0) is 49.4 Å². The number of aryl methyl sites for hydroxylation is 2. The summed E-state index contributed by atoms with van der Waals surface area (Å²) in [6.45, 7) is 1.79. The van der Waals surface area contributed by atoms with Crippen LogP contribution in [0.15, 0.2) is 41.2 Å². The van der Waals surface area contributed by atoms with Crippen LogP contribution in [-0.4, -0.2) is 10.9 Å². The van der Waals surface area contributed by atoms with Crippen LogP contribution in [0.2, 0.25) is 0 Å². The molecule has 0 unspecified atom stereocenters. The maximum Gasteiger partial charge on any atom is 0.260 e. The number of benzene rings is 1. The maximum atomic E-state index is 12.3. The van der Waals surface area contributed by atoms with Gasteiger partial charge in [-0.1, -0.05) is 24.3 Å². The van der Waals surface area contributed by atoms with Gasteiger partial charge >= 0.3 is 0 Å². The van der Waals surface area contributed by atoms with Crippen LogP contribution < -0.4 is 10.9 Å². The number of nitrogens with one attached hydrogen (secondary N) is 2. The van der Waals surface area contributed by atoms with Crippen molar-refractivity contribution in [2.45, 2.75) is 32.2 Å². The van der Waals surface area contributed by atoms with Crippen molar-refractivity contribution in [3.63, 3.8) is 0 Å². The van der Waals surface area contributed by atoms with Gasteiger partial charge < -0.3 is 10.3 Å². The molecule has 2 N–H and O–H groups in total. The monoisotopic (exact) mass is 282 g/mol. The zero-order chi connectivity index (χ0) is 14.8. The van der Waals surface area contributed by atoms with Crippen molar-refractivity contribution in [2.24, 2.45) is 0 Å². The van der Waals surface area contributed by atoms with Gasteiger partial charge in [0.1, 0.15) is 5.56 Å². The highest BCUT2D eigenvalue weighted by Crippen LogP contribution is 2.29. The summed E-state index contributed by atoms with van der Waals surface area (Å²) in [4.78, 5) is 26.8. The smallest absolute Gasteiger partial charge is 0.260 e. The van der Waals surface area contributed by atoms with Crippen LogP contribution in [0.5, 0.6) is 0 Å². The van der Waals surface area contributed by atoms with Crippen molar-refractivity contribution in [3.8, 4) is 0 Å². The van der Waals surface area contributed by atoms with Crippen LogP contribution in [0.3, 0.4) is 0 Å². The van der Waals surface area contributed by atoms with E-state index in [4.69, 9.17) is 0 Å². The maximum absolute atomic E-state index is 12.3. The standard InChI is InChI=1S/C17H18N2O2/c1-11-9-10-14(16(20)18-11)17(21)19-15-8-4-6-12-5-2-3-7-13(12)15/h2-3,5,7,9-10,15H,4,6,8H2,1H3,(H,18,20)(H,19,21)/t15-/m0/s1. The largest absolute Gasteiger partial charge is 0.345 e. The van der Waals surface area contributed by atoms with Gasteiger partial charge in [-0.2, -0.15) is 0 Å². The Morgan fingerprint density at radius 3 is 2.86 bits per heavy atom. The number of amides is 1. The van der Waals surface area contributed by atoms with E-state index in [9.17, 15) is 9.59 Å². The summed E-state index contributed by atoms with van der Waals surface area (Å²) in [5.74, 6) is -0.307. The van der Waals surface area contributed by atoms with E-state index < -0.39 is 0 Å². The molecule has 0 radical (unpaired) electrons. The van der Waals surface area contributed by atoms with E-state index >= 15 is 0 Å². The quantitative estimate of drug-likeness (QED) is 0.889. The molecular weight excluding hydrogens is 264 g/mol. The van der Waals surface area contributed by atoms with E-state index in [2.05, 4.69) is 22.4 Å². The summed E-state index contributed by atoms with van der Waals surface area (Å²) >= 11 is 0. The summed E-state index contributed by atoms with van der Waals surface area (Å²) in [5, 5.41) is 2.99. The van der Waals surface area contributed by atoms with Crippen LogP contribution in [-0.2, 0) is 6.42 Å². The molecule has 2 aromatic rings. The van der Waals surface area contributed by atoms with Crippen LogP contribution >= 0.6 is 0 Å². The summed E-state index contributed by atoms with van der Waals surface area (Å²) in [5.41, 5.74) is 3.03. The van der Waals surface area contributed by atoms with Crippen molar-refractivity contribution >= 4 is 5.91 Å². The highest BCUT2D eigenvalue weighted by atomic mass is 16.2. The van der Waals surface area contributed by atoms with E-state index in [1.807, 2.05) is 12.1 Å². The van der Waals surface area contributed by atoms with Gasteiger partial charge in [-0.25, -0.2) is 0 Å². The van der Waals surface area contributed by atoms with Crippen LogP contribution in [0.4, 0.5) is 0 Å². The molecule has 3 rings (SSSR count). The lowest BCUT2D eigenvalue weighted by atomic mass is 9.87. The summed E-state index contributed by atoms with van der Waals surface area (Å²) < 4.78 is 0. The third kappa shape index (κ3) is 2.75.